The minimum Gasteiger partial charge on any atom is -0.481 e. The largest absolute Gasteiger partial charge is 0.481 e. The van der Waals surface area contributed by atoms with Crippen molar-refractivity contribution in [3.8, 4) is 6.07 Å². The van der Waals surface area contributed by atoms with Gasteiger partial charge in [-0.05, 0) is 37.3 Å². The van der Waals surface area contributed by atoms with Crippen LogP contribution in [0.5, 0.6) is 0 Å². The van der Waals surface area contributed by atoms with Crippen LogP contribution in [0.2, 0.25) is 0 Å². The van der Waals surface area contributed by atoms with Gasteiger partial charge >= 0.3 is 5.97 Å². The predicted molar refractivity (Wildman–Crippen MR) is 77.4 cm³/mol. The molecule has 0 aromatic carbocycles. The molecule has 0 bridgehead atoms. The molecule has 0 amide bonds. The molecule has 1 aromatic rings. The first-order chi connectivity index (χ1) is 9.34. The fourth-order valence-electron chi connectivity index (χ4n) is 1.87. The van der Waals surface area contributed by atoms with Gasteiger partial charge in [-0.2, -0.15) is 5.26 Å². The van der Waals surface area contributed by atoms with Crippen molar-refractivity contribution in [3.05, 3.63) is 23.4 Å². The number of nitrogens with zero attached hydrogens (tertiary/aromatic N) is 2. The molecule has 0 saturated carbocycles. The first-order valence-electron chi connectivity index (χ1n) is 6.67. The SMILES string of the molecule is Cc1ccc(C#N)c(NCCC(C)(C)CCC(=O)O)n1. The molecule has 0 aliphatic rings. The topological polar surface area (TPSA) is 86.0 Å². The molecular weight excluding hydrogens is 254 g/mol. The zero-order valence-electron chi connectivity index (χ0n) is 12.2. The lowest BCUT2D eigenvalue weighted by Crippen LogP contribution is -2.19. The molecule has 0 fully saturated rings. The molecule has 1 heterocycles. The van der Waals surface area contributed by atoms with Crippen LogP contribution in [-0.4, -0.2) is 22.6 Å². The Hall–Kier alpha value is -2.09. The van der Waals surface area contributed by atoms with Gasteiger partial charge in [0.05, 0.1) is 5.56 Å². The zero-order chi connectivity index (χ0) is 15.2. The van der Waals surface area contributed by atoms with E-state index >= 15 is 0 Å². The molecule has 0 spiro atoms. The minimum absolute atomic E-state index is 0.0536. The molecule has 0 radical (unpaired) electrons. The van der Waals surface area contributed by atoms with Crippen LogP contribution in [0.15, 0.2) is 12.1 Å². The van der Waals surface area contributed by atoms with Gasteiger partial charge in [-0.1, -0.05) is 13.8 Å². The number of aromatic nitrogens is 1. The summed E-state index contributed by atoms with van der Waals surface area (Å²) in [6.45, 7) is 6.64. The van der Waals surface area contributed by atoms with Gasteiger partial charge in [0.2, 0.25) is 0 Å². The second-order valence-corrected chi connectivity index (χ2v) is 5.70. The highest BCUT2D eigenvalue weighted by Gasteiger charge is 2.19. The molecule has 2 N–H and O–H groups in total. The Labute approximate surface area is 119 Å². The molecule has 20 heavy (non-hydrogen) atoms. The number of pyridine rings is 1. The van der Waals surface area contributed by atoms with Crippen LogP contribution < -0.4 is 5.32 Å². The standard InChI is InChI=1S/C15H21N3O2/c1-11-4-5-12(10-16)14(18-11)17-9-8-15(2,3)7-6-13(19)20/h4-5H,6-9H2,1-3H3,(H,17,18)(H,19,20). The number of hydrogen-bond acceptors (Lipinski definition) is 4. The Kier molecular flexibility index (Phi) is 5.51. The van der Waals surface area contributed by atoms with Crippen LogP contribution in [0.3, 0.4) is 0 Å². The number of nitriles is 1. The fraction of sp³-hybridized carbons (Fsp3) is 0.533. The average molecular weight is 275 g/mol. The summed E-state index contributed by atoms with van der Waals surface area (Å²) in [5.74, 6) is -0.167. The molecule has 5 nitrogen and oxygen atoms in total. The minimum atomic E-state index is -0.766. The summed E-state index contributed by atoms with van der Waals surface area (Å²) < 4.78 is 0. The molecule has 0 saturated heterocycles. The van der Waals surface area contributed by atoms with Gasteiger partial charge in [-0.15, -0.1) is 0 Å². The number of carboxylic acids is 1. The second-order valence-electron chi connectivity index (χ2n) is 5.70. The lowest BCUT2D eigenvalue weighted by Gasteiger charge is -2.24. The quantitative estimate of drug-likeness (QED) is 0.799. The van der Waals surface area contributed by atoms with E-state index in [0.29, 0.717) is 24.3 Å². The zero-order valence-corrected chi connectivity index (χ0v) is 12.2. The summed E-state index contributed by atoms with van der Waals surface area (Å²) in [5, 5.41) is 20.9. The molecule has 1 aromatic heterocycles. The van der Waals surface area contributed by atoms with Gasteiger partial charge in [-0.25, -0.2) is 4.98 Å². The Morgan fingerprint density at radius 1 is 1.45 bits per heavy atom. The highest BCUT2D eigenvalue weighted by Crippen LogP contribution is 2.26. The molecule has 0 aliphatic heterocycles. The van der Waals surface area contributed by atoms with Crippen molar-refractivity contribution in [2.75, 3.05) is 11.9 Å². The second kappa shape index (κ2) is 6.90. The van der Waals surface area contributed by atoms with Gasteiger partial charge in [0, 0.05) is 18.7 Å². The summed E-state index contributed by atoms with van der Waals surface area (Å²) in [4.78, 5) is 14.9. The van der Waals surface area contributed by atoms with Crippen molar-refractivity contribution in [1.29, 1.82) is 5.26 Å². The molecule has 5 heteroatoms. The number of rotatable bonds is 7. The number of carbonyl (C=O) groups is 1. The number of carboxylic acid groups (broad SMARTS) is 1. The van der Waals surface area contributed by atoms with Crippen molar-refractivity contribution in [2.45, 2.75) is 40.0 Å². The number of nitrogens with one attached hydrogen (secondary N) is 1. The van der Waals surface area contributed by atoms with Crippen molar-refractivity contribution in [2.24, 2.45) is 5.41 Å². The highest BCUT2D eigenvalue weighted by molar-refractivity contribution is 5.66. The van der Waals surface area contributed by atoms with Crippen LogP contribution in [-0.2, 0) is 4.79 Å². The monoisotopic (exact) mass is 275 g/mol. The van der Waals surface area contributed by atoms with Crippen molar-refractivity contribution >= 4 is 11.8 Å². The third kappa shape index (κ3) is 5.27. The number of anilines is 1. The van der Waals surface area contributed by atoms with Gasteiger partial charge in [0.25, 0.3) is 0 Å². The predicted octanol–water partition coefficient (Wildman–Crippen LogP) is 2.95. The summed E-state index contributed by atoms with van der Waals surface area (Å²) in [7, 11) is 0. The van der Waals surface area contributed by atoms with E-state index in [0.717, 1.165) is 12.1 Å². The maximum absolute atomic E-state index is 10.6. The van der Waals surface area contributed by atoms with Crippen molar-refractivity contribution < 1.29 is 9.90 Å². The number of hydrogen-bond donors (Lipinski definition) is 2. The molecular formula is C15H21N3O2. The Morgan fingerprint density at radius 2 is 2.15 bits per heavy atom. The molecule has 108 valence electrons. The molecule has 0 unspecified atom stereocenters. The van der Waals surface area contributed by atoms with E-state index in [1.165, 1.54) is 0 Å². The van der Waals surface area contributed by atoms with Crippen LogP contribution >= 0.6 is 0 Å². The highest BCUT2D eigenvalue weighted by atomic mass is 16.4. The Balaban J connectivity index is 2.54. The first-order valence-corrected chi connectivity index (χ1v) is 6.67. The lowest BCUT2D eigenvalue weighted by atomic mass is 9.84. The smallest absolute Gasteiger partial charge is 0.303 e. The van der Waals surface area contributed by atoms with Crippen molar-refractivity contribution in [1.82, 2.24) is 4.98 Å². The summed E-state index contributed by atoms with van der Waals surface area (Å²) >= 11 is 0. The van der Waals surface area contributed by atoms with E-state index in [1.807, 2.05) is 20.8 Å². The van der Waals surface area contributed by atoms with E-state index in [2.05, 4.69) is 16.4 Å². The van der Waals surface area contributed by atoms with Gasteiger partial charge in [0.15, 0.2) is 0 Å². The van der Waals surface area contributed by atoms with Crippen LogP contribution in [0.4, 0.5) is 5.82 Å². The van der Waals surface area contributed by atoms with Crippen molar-refractivity contribution in [3.63, 3.8) is 0 Å². The molecule has 0 aliphatic carbocycles. The summed E-state index contributed by atoms with van der Waals surface area (Å²) in [5.41, 5.74) is 1.33. The fourth-order valence-corrected chi connectivity index (χ4v) is 1.87. The normalized spacial score (nSPS) is 10.9. The Bertz CT molecular complexity index is 518. The Morgan fingerprint density at radius 3 is 2.75 bits per heavy atom. The van der Waals surface area contributed by atoms with E-state index in [-0.39, 0.29) is 11.8 Å². The maximum Gasteiger partial charge on any atom is 0.303 e. The van der Waals surface area contributed by atoms with E-state index in [1.54, 1.807) is 12.1 Å². The number of aliphatic carboxylic acids is 1. The summed E-state index contributed by atoms with van der Waals surface area (Å²) in [6.07, 6.45) is 1.64. The van der Waals surface area contributed by atoms with Gasteiger partial charge in [-0.3, -0.25) is 4.79 Å². The van der Waals surface area contributed by atoms with Gasteiger partial charge < -0.3 is 10.4 Å². The maximum atomic E-state index is 10.6. The van der Waals surface area contributed by atoms with Crippen LogP contribution in [0.1, 0.15) is 44.4 Å². The third-order valence-electron chi connectivity index (χ3n) is 3.26. The molecule has 0 atom stereocenters. The third-order valence-corrected chi connectivity index (χ3v) is 3.26. The van der Waals surface area contributed by atoms with E-state index < -0.39 is 5.97 Å². The summed E-state index contributed by atoms with van der Waals surface area (Å²) in [6, 6.07) is 5.66. The molecule has 1 rings (SSSR count). The van der Waals surface area contributed by atoms with Crippen LogP contribution in [0, 0.1) is 23.7 Å². The van der Waals surface area contributed by atoms with Gasteiger partial charge in [0.1, 0.15) is 11.9 Å². The average Bonchev–Trinajstić information content (AvgIpc) is 2.37. The lowest BCUT2D eigenvalue weighted by molar-refractivity contribution is -0.137. The first kappa shape index (κ1) is 16.0. The number of aryl methyl sites for hydroxylation is 1. The van der Waals surface area contributed by atoms with E-state index in [4.69, 9.17) is 10.4 Å². The van der Waals surface area contributed by atoms with Crippen LogP contribution in [0.25, 0.3) is 0 Å². The van der Waals surface area contributed by atoms with E-state index in [9.17, 15) is 4.79 Å².